The number of methoxy groups -OCH3 is 1. The molecule has 130 valence electrons. The van der Waals surface area contributed by atoms with E-state index in [2.05, 4.69) is 0 Å². The fourth-order valence-corrected chi connectivity index (χ4v) is 2.66. The van der Waals surface area contributed by atoms with Crippen molar-refractivity contribution in [1.29, 1.82) is 0 Å². The summed E-state index contributed by atoms with van der Waals surface area (Å²) in [6.45, 7) is 0.271. The van der Waals surface area contributed by atoms with E-state index >= 15 is 0 Å². The second-order valence-corrected chi connectivity index (χ2v) is 6.87. The van der Waals surface area contributed by atoms with Crippen LogP contribution in [-0.2, 0) is 4.74 Å². The van der Waals surface area contributed by atoms with E-state index in [1.165, 1.54) is 0 Å². The number of hydrogen-bond acceptors (Lipinski definition) is 3. The van der Waals surface area contributed by atoms with E-state index in [4.69, 9.17) is 9.47 Å². The van der Waals surface area contributed by atoms with Crippen molar-refractivity contribution in [3.63, 3.8) is 0 Å². The zero-order valence-corrected chi connectivity index (χ0v) is 15.0. The number of unbranched alkanes of at least 4 members (excludes halogenated alkanes) is 1. The minimum atomic E-state index is -4.09. The fraction of sp³-hybridized carbons (Fsp3) is 0.562. The standard InChI is InChI=1S/C16H20F3IO3/c1-22-14-7-5-12(6-8-14)15(21)23-11-3-2-4-13(20)9-10-16(17,18)19/h5-8,13H,2-4,9-11H2,1H3. The third kappa shape index (κ3) is 9.02. The second-order valence-electron chi connectivity index (χ2n) is 5.11. The van der Waals surface area contributed by atoms with Gasteiger partial charge in [0.15, 0.2) is 0 Å². The lowest BCUT2D eigenvalue weighted by Crippen LogP contribution is -2.11. The molecule has 1 aromatic carbocycles. The van der Waals surface area contributed by atoms with Crippen LogP contribution in [0.5, 0.6) is 5.75 Å². The third-order valence-corrected chi connectivity index (χ3v) is 4.46. The molecule has 1 atom stereocenters. The van der Waals surface area contributed by atoms with Gasteiger partial charge < -0.3 is 9.47 Å². The number of benzene rings is 1. The first-order valence-electron chi connectivity index (χ1n) is 7.34. The molecular weight excluding hydrogens is 424 g/mol. The summed E-state index contributed by atoms with van der Waals surface area (Å²) in [5, 5.41) is 0. The largest absolute Gasteiger partial charge is 0.497 e. The Kier molecular flexibility index (Phi) is 8.72. The molecule has 0 N–H and O–H groups in total. The van der Waals surface area contributed by atoms with E-state index in [1.807, 2.05) is 22.6 Å². The zero-order valence-electron chi connectivity index (χ0n) is 12.9. The highest BCUT2D eigenvalue weighted by Crippen LogP contribution is 2.26. The molecule has 7 heteroatoms. The molecule has 1 rings (SSSR count). The lowest BCUT2D eigenvalue weighted by atomic mass is 10.1. The molecule has 0 saturated carbocycles. The molecule has 0 amide bonds. The molecule has 0 spiro atoms. The van der Waals surface area contributed by atoms with Crippen molar-refractivity contribution in [2.45, 2.75) is 42.2 Å². The van der Waals surface area contributed by atoms with Gasteiger partial charge in [-0.1, -0.05) is 22.6 Å². The van der Waals surface area contributed by atoms with Crippen LogP contribution in [0.15, 0.2) is 24.3 Å². The SMILES string of the molecule is COc1ccc(C(=O)OCCCCC(I)CCC(F)(F)F)cc1. The molecule has 0 aliphatic rings. The lowest BCUT2D eigenvalue weighted by Gasteiger charge is -2.11. The molecule has 0 aliphatic heterocycles. The zero-order chi connectivity index (χ0) is 17.3. The van der Waals surface area contributed by atoms with Crippen LogP contribution in [0.25, 0.3) is 0 Å². The Morgan fingerprint density at radius 1 is 1.17 bits per heavy atom. The molecule has 23 heavy (non-hydrogen) atoms. The predicted octanol–water partition coefficient (Wildman–Crippen LogP) is 5.17. The summed E-state index contributed by atoms with van der Waals surface area (Å²) in [6.07, 6.45) is -2.62. The maximum atomic E-state index is 12.1. The molecule has 0 heterocycles. The van der Waals surface area contributed by atoms with Crippen LogP contribution in [0.4, 0.5) is 13.2 Å². The van der Waals surface area contributed by atoms with Crippen LogP contribution in [0.2, 0.25) is 0 Å². The monoisotopic (exact) mass is 444 g/mol. The van der Waals surface area contributed by atoms with Crippen LogP contribution >= 0.6 is 22.6 Å². The predicted molar refractivity (Wildman–Crippen MR) is 90.2 cm³/mol. The summed E-state index contributed by atoms with van der Waals surface area (Å²) in [6, 6.07) is 6.61. The topological polar surface area (TPSA) is 35.5 Å². The van der Waals surface area contributed by atoms with Gasteiger partial charge in [-0.05, 0) is 49.9 Å². The van der Waals surface area contributed by atoms with Crippen LogP contribution in [0, 0.1) is 0 Å². The van der Waals surface area contributed by atoms with Crippen LogP contribution in [-0.4, -0.2) is 29.8 Å². The van der Waals surface area contributed by atoms with Gasteiger partial charge in [0.25, 0.3) is 0 Å². The maximum absolute atomic E-state index is 12.1. The van der Waals surface area contributed by atoms with Gasteiger partial charge in [-0.25, -0.2) is 4.79 Å². The first kappa shape index (κ1) is 20.1. The van der Waals surface area contributed by atoms with E-state index in [0.717, 1.165) is 6.42 Å². The summed E-state index contributed by atoms with van der Waals surface area (Å²) in [4.78, 5) is 11.8. The van der Waals surface area contributed by atoms with Crippen molar-refractivity contribution in [3.8, 4) is 5.75 Å². The summed E-state index contributed by atoms with van der Waals surface area (Å²) in [7, 11) is 1.54. The van der Waals surface area contributed by atoms with Crippen molar-refractivity contribution in [3.05, 3.63) is 29.8 Å². The minimum absolute atomic E-state index is 0.00786. The Hall–Kier alpha value is -0.990. The molecule has 1 aromatic rings. The molecule has 1 unspecified atom stereocenters. The molecular formula is C16H20F3IO3. The van der Waals surface area contributed by atoms with Gasteiger partial charge in [0.1, 0.15) is 5.75 Å². The Morgan fingerprint density at radius 3 is 2.39 bits per heavy atom. The van der Waals surface area contributed by atoms with Crippen molar-refractivity contribution >= 4 is 28.6 Å². The highest BCUT2D eigenvalue weighted by Gasteiger charge is 2.27. The van der Waals surface area contributed by atoms with Gasteiger partial charge in [-0.3, -0.25) is 0 Å². The number of ether oxygens (including phenoxy) is 2. The molecule has 0 bridgehead atoms. The number of hydrogen-bond donors (Lipinski definition) is 0. The van der Waals surface area contributed by atoms with E-state index in [9.17, 15) is 18.0 Å². The van der Waals surface area contributed by atoms with Crippen molar-refractivity contribution < 1.29 is 27.4 Å². The molecule has 3 nitrogen and oxygen atoms in total. The third-order valence-electron chi connectivity index (χ3n) is 3.21. The number of esters is 1. The summed E-state index contributed by atoms with van der Waals surface area (Å²) in [5.74, 6) is 0.254. The van der Waals surface area contributed by atoms with Gasteiger partial charge >= 0.3 is 12.1 Å². The highest BCUT2D eigenvalue weighted by molar-refractivity contribution is 14.1. The average Bonchev–Trinajstić information content (AvgIpc) is 2.51. The van der Waals surface area contributed by atoms with E-state index in [0.29, 0.717) is 24.2 Å². The number of halogens is 4. The molecule has 0 fully saturated rings. The first-order valence-corrected chi connectivity index (χ1v) is 8.58. The van der Waals surface area contributed by atoms with E-state index < -0.39 is 18.6 Å². The molecule has 0 radical (unpaired) electrons. The van der Waals surface area contributed by atoms with Gasteiger partial charge in [-0.2, -0.15) is 13.2 Å². The van der Waals surface area contributed by atoms with Gasteiger partial charge in [0, 0.05) is 10.3 Å². The first-order chi connectivity index (χ1) is 10.8. The normalized spacial score (nSPS) is 12.7. The number of carbonyl (C=O) groups is 1. The smallest absolute Gasteiger partial charge is 0.389 e. The highest BCUT2D eigenvalue weighted by atomic mass is 127. The minimum Gasteiger partial charge on any atom is -0.497 e. The van der Waals surface area contributed by atoms with Gasteiger partial charge in [-0.15, -0.1) is 0 Å². The Balaban J connectivity index is 2.15. The number of alkyl halides is 4. The Morgan fingerprint density at radius 2 is 1.83 bits per heavy atom. The molecule has 0 aliphatic carbocycles. The van der Waals surface area contributed by atoms with E-state index in [-0.39, 0.29) is 17.0 Å². The van der Waals surface area contributed by atoms with Crippen LogP contribution < -0.4 is 4.74 Å². The van der Waals surface area contributed by atoms with E-state index in [1.54, 1.807) is 31.4 Å². The number of rotatable bonds is 9. The molecule has 0 saturated heterocycles. The quantitative estimate of drug-likeness (QED) is 0.228. The molecule has 0 aromatic heterocycles. The fourth-order valence-electron chi connectivity index (χ4n) is 1.91. The lowest BCUT2D eigenvalue weighted by molar-refractivity contribution is -0.135. The average molecular weight is 444 g/mol. The van der Waals surface area contributed by atoms with Crippen LogP contribution in [0.1, 0.15) is 42.5 Å². The van der Waals surface area contributed by atoms with Gasteiger partial charge in [0.2, 0.25) is 0 Å². The summed E-state index contributed by atoms with van der Waals surface area (Å²) >= 11 is 2.04. The second kappa shape index (κ2) is 10.00. The maximum Gasteiger partial charge on any atom is 0.389 e. The van der Waals surface area contributed by atoms with Crippen molar-refractivity contribution in [1.82, 2.24) is 0 Å². The number of carbonyl (C=O) groups excluding carboxylic acids is 1. The Bertz CT molecular complexity index is 474. The van der Waals surface area contributed by atoms with Crippen LogP contribution in [0.3, 0.4) is 0 Å². The van der Waals surface area contributed by atoms with Crippen molar-refractivity contribution in [2.75, 3.05) is 13.7 Å². The Labute approximate surface area is 147 Å². The van der Waals surface area contributed by atoms with Crippen molar-refractivity contribution in [2.24, 2.45) is 0 Å². The summed E-state index contributed by atoms with van der Waals surface area (Å²) < 4.78 is 46.4. The summed E-state index contributed by atoms with van der Waals surface area (Å²) in [5.41, 5.74) is 0.447. The van der Waals surface area contributed by atoms with Gasteiger partial charge in [0.05, 0.1) is 19.3 Å².